The Labute approximate surface area is 198 Å². The number of rotatable bonds is 10. The van der Waals surface area contributed by atoms with E-state index in [-0.39, 0.29) is 17.3 Å². The molecule has 9 nitrogen and oxygen atoms in total. The first-order valence-corrected chi connectivity index (χ1v) is 13.5. The molecule has 1 heterocycles. The third kappa shape index (κ3) is 6.76. The summed E-state index contributed by atoms with van der Waals surface area (Å²) in [5, 5.41) is 12.7. The van der Waals surface area contributed by atoms with Crippen LogP contribution in [0.25, 0.3) is 22.4 Å². The second kappa shape index (κ2) is 11.3. The average molecular weight is 509 g/mol. The molecule has 1 amide bonds. The van der Waals surface area contributed by atoms with Crippen molar-refractivity contribution in [2.45, 2.75) is 11.8 Å². The van der Waals surface area contributed by atoms with Gasteiger partial charge in [-0.25, -0.2) is 17.9 Å². The number of aromatic nitrogens is 1. The first-order chi connectivity index (χ1) is 15.8. The van der Waals surface area contributed by atoms with Crippen LogP contribution in [0.5, 0.6) is 0 Å². The van der Waals surface area contributed by atoms with Crippen LogP contribution in [0, 0.1) is 6.92 Å². The Kier molecular flexibility index (Phi) is 8.42. The Hall–Kier alpha value is -2.96. The number of hydrogen-bond donors (Lipinski definition) is 2. The van der Waals surface area contributed by atoms with Gasteiger partial charge in [0.05, 0.1) is 10.5 Å². The molecule has 0 aliphatic rings. The molecular formula is C21H20N2O7S3. The third-order valence-corrected chi connectivity index (χ3v) is 7.79. The minimum atomic E-state index is -4.13. The quantitative estimate of drug-likeness (QED) is 0.303. The highest BCUT2D eigenvalue weighted by molar-refractivity contribution is 8.76. The van der Waals surface area contributed by atoms with Gasteiger partial charge in [0.1, 0.15) is 23.8 Å². The van der Waals surface area contributed by atoms with Gasteiger partial charge < -0.3 is 14.4 Å². The molecule has 2 aromatic carbocycles. The van der Waals surface area contributed by atoms with E-state index in [0.29, 0.717) is 22.8 Å². The number of nitrogens with one attached hydrogen (secondary N) is 1. The summed E-state index contributed by atoms with van der Waals surface area (Å²) in [5.41, 5.74) is 2.97. The monoisotopic (exact) mass is 508 g/mol. The first kappa shape index (κ1) is 24.7. The number of carboxylic acid groups (broad SMARTS) is 1. The molecular weight excluding hydrogens is 488 g/mol. The fraction of sp³-hybridized carbons (Fsp3) is 0.190. The number of ether oxygens (including phenoxy) is 1. The van der Waals surface area contributed by atoms with E-state index in [9.17, 15) is 18.0 Å². The second-order valence-corrected chi connectivity index (χ2v) is 10.8. The van der Waals surface area contributed by atoms with Crippen molar-refractivity contribution < 1.29 is 32.4 Å². The Balaban J connectivity index is 1.63. The summed E-state index contributed by atoms with van der Waals surface area (Å²) in [4.78, 5) is 22.1. The summed E-state index contributed by atoms with van der Waals surface area (Å²) in [7, 11) is -1.83. The molecule has 1 aromatic heterocycles. The van der Waals surface area contributed by atoms with E-state index in [1.54, 1.807) is 19.1 Å². The molecule has 33 heavy (non-hydrogen) atoms. The maximum atomic E-state index is 12.5. The van der Waals surface area contributed by atoms with Crippen molar-refractivity contribution in [2.24, 2.45) is 0 Å². The molecule has 3 aromatic rings. The molecule has 0 bridgehead atoms. The molecule has 0 saturated carbocycles. The lowest BCUT2D eigenvalue weighted by Crippen LogP contribution is -2.31. The molecule has 0 aliphatic carbocycles. The summed E-state index contributed by atoms with van der Waals surface area (Å²) in [6.45, 7) is 1.74. The predicted octanol–water partition coefficient (Wildman–Crippen LogP) is 4.20. The molecule has 3 rings (SSSR count). The molecule has 0 fully saturated rings. The minimum absolute atomic E-state index is 0.0641. The number of carbonyl (C=O) groups is 2. The van der Waals surface area contributed by atoms with Gasteiger partial charge in [-0.05, 0) is 24.6 Å². The maximum Gasteiger partial charge on any atom is 0.421 e. The van der Waals surface area contributed by atoms with Crippen molar-refractivity contribution in [2.75, 3.05) is 18.1 Å². The molecule has 0 aliphatic heterocycles. The predicted molar refractivity (Wildman–Crippen MR) is 126 cm³/mol. The summed E-state index contributed by atoms with van der Waals surface area (Å²) in [6, 6.07) is 15.5. The number of carbonyl (C=O) groups excluding carboxylic acids is 1. The Bertz CT molecular complexity index is 1210. The third-order valence-electron chi connectivity index (χ3n) is 4.25. The Morgan fingerprint density at radius 1 is 1.06 bits per heavy atom. The SMILES string of the molecule is Cc1onc(-c2ccc(S(=O)(=O)NC(=O)OCCSSCC(=O)O)cc2)c1-c1ccccc1. The topological polar surface area (TPSA) is 136 Å². The summed E-state index contributed by atoms with van der Waals surface area (Å²) >= 11 is 0. The van der Waals surface area contributed by atoms with Crippen molar-refractivity contribution in [1.82, 2.24) is 9.88 Å². The van der Waals surface area contributed by atoms with E-state index in [4.69, 9.17) is 14.4 Å². The molecule has 0 saturated heterocycles. The number of sulfonamides is 1. The molecule has 0 spiro atoms. The smallest absolute Gasteiger partial charge is 0.421 e. The zero-order chi connectivity index (χ0) is 23.8. The summed E-state index contributed by atoms with van der Waals surface area (Å²) in [6.07, 6.45) is -1.11. The maximum absolute atomic E-state index is 12.5. The lowest BCUT2D eigenvalue weighted by Gasteiger charge is -2.09. The van der Waals surface area contributed by atoms with E-state index >= 15 is 0 Å². The first-order valence-electron chi connectivity index (χ1n) is 9.56. The number of aryl methyl sites for hydroxylation is 1. The van der Waals surface area contributed by atoms with E-state index in [1.807, 2.05) is 35.1 Å². The van der Waals surface area contributed by atoms with Crippen LogP contribution < -0.4 is 4.72 Å². The van der Waals surface area contributed by atoms with Crippen LogP contribution in [0.15, 0.2) is 64.0 Å². The zero-order valence-electron chi connectivity index (χ0n) is 17.4. The van der Waals surface area contributed by atoms with Gasteiger partial charge in [0, 0.05) is 11.3 Å². The highest BCUT2D eigenvalue weighted by Gasteiger charge is 2.20. The van der Waals surface area contributed by atoms with Crippen LogP contribution in [-0.2, 0) is 19.6 Å². The molecule has 0 atom stereocenters. The minimum Gasteiger partial charge on any atom is -0.481 e. The summed E-state index contributed by atoms with van der Waals surface area (Å²) < 4.78 is 37.0. The van der Waals surface area contributed by atoms with Crippen molar-refractivity contribution in [1.29, 1.82) is 0 Å². The molecule has 12 heteroatoms. The van der Waals surface area contributed by atoms with Crippen LogP contribution >= 0.6 is 21.6 Å². The number of nitrogens with zero attached hydrogens (tertiary/aromatic N) is 1. The van der Waals surface area contributed by atoms with Gasteiger partial charge in [-0.15, -0.1) is 0 Å². The highest BCUT2D eigenvalue weighted by Crippen LogP contribution is 2.34. The Morgan fingerprint density at radius 2 is 1.76 bits per heavy atom. The van der Waals surface area contributed by atoms with Crippen molar-refractivity contribution >= 4 is 43.7 Å². The van der Waals surface area contributed by atoms with Crippen LogP contribution in [0.3, 0.4) is 0 Å². The van der Waals surface area contributed by atoms with Crippen LogP contribution in [0.4, 0.5) is 4.79 Å². The number of amides is 1. The molecule has 0 radical (unpaired) electrons. The molecule has 174 valence electrons. The summed E-state index contributed by atoms with van der Waals surface area (Å²) in [5.74, 6) is -0.0711. The van der Waals surface area contributed by atoms with Gasteiger partial charge in [-0.3, -0.25) is 4.79 Å². The van der Waals surface area contributed by atoms with E-state index in [2.05, 4.69) is 5.16 Å². The van der Waals surface area contributed by atoms with Crippen molar-refractivity contribution in [3.8, 4) is 22.4 Å². The van der Waals surface area contributed by atoms with Gasteiger partial charge in [0.25, 0.3) is 10.0 Å². The average Bonchev–Trinajstić information content (AvgIpc) is 3.17. The number of benzene rings is 2. The van der Waals surface area contributed by atoms with E-state index in [0.717, 1.165) is 21.9 Å². The number of carboxylic acids is 1. The lowest BCUT2D eigenvalue weighted by molar-refractivity contribution is -0.133. The normalized spacial score (nSPS) is 11.2. The molecule has 2 N–H and O–H groups in total. The largest absolute Gasteiger partial charge is 0.481 e. The fourth-order valence-electron chi connectivity index (χ4n) is 2.82. The van der Waals surface area contributed by atoms with Gasteiger partial charge in [-0.2, -0.15) is 0 Å². The lowest BCUT2D eigenvalue weighted by atomic mass is 10.00. The van der Waals surface area contributed by atoms with Crippen molar-refractivity contribution in [3.63, 3.8) is 0 Å². The van der Waals surface area contributed by atoms with Crippen LogP contribution in [0.1, 0.15) is 5.76 Å². The van der Waals surface area contributed by atoms with Crippen molar-refractivity contribution in [3.05, 3.63) is 60.4 Å². The van der Waals surface area contributed by atoms with Gasteiger partial charge in [0.15, 0.2) is 0 Å². The van der Waals surface area contributed by atoms with E-state index in [1.165, 1.54) is 22.9 Å². The van der Waals surface area contributed by atoms with Gasteiger partial charge >= 0.3 is 12.1 Å². The van der Waals surface area contributed by atoms with E-state index < -0.39 is 22.1 Å². The van der Waals surface area contributed by atoms with Crippen LogP contribution in [-0.4, -0.2) is 48.9 Å². The second-order valence-electron chi connectivity index (χ2n) is 6.57. The van der Waals surface area contributed by atoms with Gasteiger partial charge in [-0.1, -0.05) is 69.2 Å². The molecule has 0 unspecified atom stereocenters. The number of aliphatic carboxylic acids is 1. The van der Waals surface area contributed by atoms with Gasteiger partial charge in [0.2, 0.25) is 0 Å². The standard InChI is InChI=1S/C21H20N2O7S3/c1-14-19(15-5-3-2-4-6-15)20(22-30-14)16-7-9-17(10-8-16)33(27,28)23-21(26)29-11-12-31-32-13-18(24)25/h2-10H,11-13H2,1H3,(H,23,26)(H,24,25). The Morgan fingerprint density at radius 3 is 2.42 bits per heavy atom. The number of hydrogen-bond acceptors (Lipinski definition) is 9. The highest BCUT2D eigenvalue weighted by atomic mass is 33.1. The van der Waals surface area contributed by atoms with Crippen LogP contribution in [0.2, 0.25) is 0 Å². The fourth-order valence-corrected chi connectivity index (χ4v) is 5.28. The zero-order valence-corrected chi connectivity index (χ0v) is 19.8.